The topological polar surface area (TPSA) is 61.4 Å². The number of aryl methyl sites for hydroxylation is 2. The third kappa shape index (κ3) is 5.14. The van der Waals surface area contributed by atoms with Gasteiger partial charge in [-0.1, -0.05) is 59.7 Å². The summed E-state index contributed by atoms with van der Waals surface area (Å²) in [4.78, 5) is 30.7. The maximum Gasteiger partial charge on any atom is 0.321 e. The van der Waals surface area contributed by atoms with E-state index < -0.39 is 0 Å². The van der Waals surface area contributed by atoms with Crippen molar-refractivity contribution in [2.24, 2.45) is 0 Å². The molecular formula is C31H43N5OS. The molecule has 5 rings (SSSR count). The first-order valence-electron chi connectivity index (χ1n) is 14.5. The Bertz CT molecular complexity index is 1280. The molecule has 1 fully saturated rings. The van der Waals surface area contributed by atoms with E-state index in [2.05, 4.69) is 70.0 Å². The molecule has 1 aliphatic heterocycles. The number of anilines is 2. The Morgan fingerprint density at radius 1 is 0.974 bits per heavy atom. The third-order valence-electron chi connectivity index (χ3n) is 8.34. The fraction of sp³-hybridized carbons (Fsp3) is 0.581. The molecule has 0 radical (unpaired) electrons. The first-order valence-corrected chi connectivity index (χ1v) is 15.4. The van der Waals surface area contributed by atoms with E-state index in [0.717, 1.165) is 48.1 Å². The smallest absolute Gasteiger partial charge is 0.321 e. The fourth-order valence-electron chi connectivity index (χ4n) is 5.79. The van der Waals surface area contributed by atoms with Crippen LogP contribution in [0.3, 0.4) is 0 Å². The number of para-hydroxylation sites is 1. The van der Waals surface area contributed by atoms with Crippen molar-refractivity contribution in [1.29, 1.82) is 0 Å². The van der Waals surface area contributed by atoms with Gasteiger partial charge in [-0.05, 0) is 60.6 Å². The lowest BCUT2D eigenvalue weighted by Crippen LogP contribution is -2.50. The van der Waals surface area contributed by atoms with Crippen molar-refractivity contribution in [3.8, 4) is 0 Å². The van der Waals surface area contributed by atoms with Crippen LogP contribution in [0.4, 0.5) is 16.3 Å². The zero-order valence-corrected chi connectivity index (χ0v) is 24.7. The van der Waals surface area contributed by atoms with Crippen LogP contribution in [-0.4, -0.2) is 47.1 Å². The van der Waals surface area contributed by atoms with E-state index in [9.17, 15) is 4.79 Å². The van der Waals surface area contributed by atoms with Crippen LogP contribution in [-0.2, 0) is 12.8 Å². The maximum absolute atomic E-state index is 13.5. The summed E-state index contributed by atoms with van der Waals surface area (Å²) in [5, 5.41) is 4.59. The monoisotopic (exact) mass is 533 g/mol. The second-order valence-corrected chi connectivity index (χ2v) is 12.7. The predicted molar refractivity (Wildman–Crippen MR) is 160 cm³/mol. The minimum absolute atomic E-state index is 0.000640. The van der Waals surface area contributed by atoms with E-state index >= 15 is 0 Å². The lowest BCUT2D eigenvalue weighted by molar-refractivity contribution is 0.208. The zero-order chi connectivity index (χ0) is 27.0. The summed E-state index contributed by atoms with van der Waals surface area (Å²) in [5.41, 5.74) is 4.87. The third-order valence-corrected chi connectivity index (χ3v) is 9.52. The SMILES string of the molecule is CCC(C)c1nc(N2CCN(C(=O)Nc3c(C(C)C)cccc3C(C)C)CC2)c2c3c(sc2n1)CCCC3. The highest BCUT2D eigenvalue weighted by Crippen LogP contribution is 2.41. The van der Waals surface area contributed by atoms with Crippen molar-refractivity contribution in [1.82, 2.24) is 14.9 Å². The van der Waals surface area contributed by atoms with E-state index in [-0.39, 0.29) is 6.03 Å². The van der Waals surface area contributed by atoms with E-state index in [4.69, 9.17) is 9.97 Å². The molecule has 1 N–H and O–H groups in total. The van der Waals surface area contributed by atoms with Crippen LogP contribution in [0, 0.1) is 0 Å². The second-order valence-electron chi connectivity index (χ2n) is 11.6. The number of hydrogen-bond acceptors (Lipinski definition) is 5. The number of nitrogens with zero attached hydrogens (tertiary/aromatic N) is 4. The molecule has 2 aromatic heterocycles. The van der Waals surface area contributed by atoms with E-state index in [0.29, 0.717) is 30.8 Å². The van der Waals surface area contributed by atoms with Gasteiger partial charge in [0.2, 0.25) is 0 Å². The van der Waals surface area contributed by atoms with Crippen LogP contribution in [0.15, 0.2) is 18.2 Å². The van der Waals surface area contributed by atoms with Crippen LogP contribution in [0.5, 0.6) is 0 Å². The molecule has 0 bridgehead atoms. The van der Waals surface area contributed by atoms with Crippen molar-refractivity contribution in [2.75, 3.05) is 36.4 Å². The molecule has 2 aliphatic rings. The van der Waals surface area contributed by atoms with Gasteiger partial charge in [0.1, 0.15) is 16.5 Å². The summed E-state index contributed by atoms with van der Waals surface area (Å²) in [5.74, 6) is 3.08. The zero-order valence-electron chi connectivity index (χ0n) is 23.9. The molecule has 2 amide bonds. The lowest BCUT2D eigenvalue weighted by atomic mass is 9.93. The van der Waals surface area contributed by atoms with E-state index in [1.807, 2.05) is 16.2 Å². The Morgan fingerprint density at radius 3 is 2.26 bits per heavy atom. The van der Waals surface area contributed by atoms with Crippen molar-refractivity contribution >= 4 is 39.1 Å². The van der Waals surface area contributed by atoms with Crippen LogP contribution in [0.25, 0.3) is 10.2 Å². The molecule has 3 heterocycles. The molecule has 6 nitrogen and oxygen atoms in total. The Kier molecular flexibility index (Phi) is 7.94. The quantitative estimate of drug-likeness (QED) is 0.353. The number of urea groups is 1. The molecule has 3 aromatic rings. The second kappa shape index (κ2) is 11.2. The number of carbonyl (C=O) groups excluding carboxylic acids is 1. The summed E-state index contributed by atoms with van der Waals surface area (Å²) in [6.07, 6.45) is 5.84. The molecule has 0 saturated carbocycles. The summed E-state index contributed by atoms with van der Waals surface area (Å²) in [6.45, 7) is 16.1. The molecule has 1 atom stereocenters. The highest BCUT2D eigenvalue weighted by molar-refractivity contribution is 7.19. The summed E-state index contributed by atoms with van der Waals surface area (Å²) < 4.78 is 0. The van der Waals surface area contributed by atoms with Gasteiger partial charge in [-0.25, -0.2) is 14.8 Å². The van der Waals surface area contributed by atoms with Gasteiger partial charge in [-0.3, -0.25) is 0 Å². The number of fused-ring (bicyclic) bond motifs is 3. The molecule has 1 aromatic carbocycles. The Labute approximate surface area is 231 Å². The van der Waals surface area contributed by atoms with Crippen molar-refractivity contribution in [2.45, 2.75) is 91.4 Å². The fourth-order valence-corrected chi connectivity index (χ4v) is 7.05. The standard InChI is InChI=1S/C31H43N5OS/c1-7-21(6)28-33-29(26-24-11-8-9-14-25(24)38-30(26)34-28)35-15-17-36(18-16-35)31(37)32-27-22(19(2)3)12-10-13-23(27)20(4)5/h10,12-13,19-21H,7-9,11,14-18H2,1-6H3,(H,32,37). The first kappa shape index (κ1) is 26.9. The predicted octanol–water partition coefficient (Wildman–Crippen LogP) is 7.68. The molecule has 1 unspecified atom stereocenters. The highest BCUT2D eigenvalue weighted by Gasteiger charge is 2.29. The van der Waals surface area contributed by atoms with Gasteiger partial charge >= 0.3 is 6.03 Å². The number of piperazine rings is 1. The maximum atomic E-state index is 13.5. The van der Waals surface area contributed by atoms with E-state index in [1.54, 1.807) is 0 Å². The summed E-state index contributed by atoms with van der Waals surface area (Å²) in [6, 6.07) is 6.39. The Hall–Kier alpha value is -2.67. The number of carbonyl (C=O) groups is 1. The number of hydrogen-bond donors (Lipinski definition) is 1. The summed E-state index contributed by atoms with van der Waals surface area (Å²) >= 11 is 1.88. The minimum Gasteiger partial charge on any atom is -0.352 e. The molecule has 204 valence electrons. The Morgan fingerprint density at radius 2 is 1.63 bits per heavy atom. The van der Waals surface area contributed by atoms with Gasteiger partial charge in [-0.15, -0.1) is 11.3 Å². The number of nitrogens with one attached hydrogen (secondary N) is 1. The molecule has 0 spiro atoms. The molecular weight excluding hydrogens is 490 g/mol. The number of rotatable bonds is 6. The van der Waals surface area contributed by atoms with Gasteiger partial charge < -0.3 is 15.1 Å². The average Bonchev–Trinajstić information content (AvgIpc) is 3.30. The van der Waals surface area contributed by atoms with Gasteiger partial charge in [0, 0.05) is 42.7 Å². The van der Waals surface area contributed by atoms with Crippen molar-refractivity contribution < 1.29 is 4.79 Å². The van der Waals surface area contributed by atoms with Gasteiger partial charge in [0.05, 0.1) is 5.39 Å². The van der Waals surface area contributed by atoms with Gasteiger partial charge in [0.25, 0.3) is 0 Å². The Balaban J connectivity index is 1.38. The first-order chi connectivity index (χ1) is 18.3. The van der Waals surface area contributed by atoms with Gasteiger partial charge in [0.15, 0.2) is 0 Å². The van der Waals surface area contributed by atoms with Crippen LogP contribution < -0.4 is 10.2 Å². The van der Waals surface area contributed by atoms with Crippen molar-refractivity contribution in [3.63, 3.8) is 0 Å². The van der Waals surface area contributed by atoms with E-state index in [1.165, 1.54) is 46.2 Å². The highest BCUT2D eigenvalue weighted by atomic mass is 32.1. The minimum atomic E-state index is 0.000640. The molecule has 1 aliphatic carbocycles. The van der Waals surface area contributed by atoms with Crippen LogP contribution >= 0.6 is 11.3 Å². The van der Waals surface area contributed by atoms with Crippen LogP contribution in [0.1, 0.15) is 106 Å². The van der Waals surface area contributed by atoms with Gasteiger partial charge in [-0.2, -0.15) is 0 Å². The number of amides is 2. The largest absolute Gasteiger partial charge is 0.352 e. The molecule has 7 heteroatoms. The number of benzene rings is 1. The van der Waals surface area contributed by atoms with Crippen LogP contribution in [0.2, 0.25) is 0 Å². The molecule has 38 heavy (non-hydrogen) atoms. The number of thiophene rings is 1. The lowest BCUT2D eigenvalue weighted by Gasteiger charge is -2.36. The summed E-state index contributed by atoms with van der Waals surface area (Å²) in [7, 11) is 0. The van der Waals surface area contributed by atoms with Crippen molar-refractivity contribution in [3.05, 3.63) is 45.6 Å². The molecule has 1 saturated heterocycles. The normalized spacial score (nSPS) is 16.8. The average molecular weight is 534 g/mol. The number of aromatic nitrogens is 2.